The zero-order chi connectivity index (χ0) is 20.7. The maximum atomic E-state index is 12.5. The molecule has 0 aliphatic rings. The van der Waals surface area contributed by atoms with Gasteiger partial charge in [-0.3, -0.25) is 9.59 Å². The van der Waals surface area contributed by atoms with E-state index in [2.05, 4.69) is 10.6 Å². The van der Waals surface area contributed by atoms with Gasteiger partial charge in [-0.15, -0.1) is 0 Å². The van der Waals surface area contributed by atoms with E-state index in [0.717, 1.165) is 0 Å². The van der Waals surface area contributed by atoms with Gasteiger partial charge in [0.1, 0.15) is 11.8 Å². The molecule has 7 nitrogen and oxygen atoms in total. The molecule has 0 saturated carbocycles. The summed E-state index contributed by atoms with van der Waals surface area (Å²) in [7, 11) is 3.25. The Morgan fingerprint density at radius 2 is 1.93 bits per heavy atom. The number of rotatable bonds is 7. The third kappa shape index (κ3) is 5.46. The van der Waals surface area contributed by atoms with Gasteiger partial charge < -0.3 is 20.3 Å². The first-order chi connectivity index (χ1) is 13.3. The van der Waals surface area contributed by atoms with E-state index in [9.17, 15) is 9.59 Å². The number of likely N-dealkylation sites (N-methyl/N-ethyl adjacent to an activating group) is 1. The molecule has 0 bridgehead atoms. The number of benzene rings is 2. The molecule has 0 aliphatic carbocycles. The summed E-state index contributed by atoms with van der Waals surface area (Å²) in [5, 5.41) is 15.1. The van der Waals surface area contributed by atoms with E-state index in [-0.39, 0.29) is 18.4 Å². The lowest BCUT2D eigenvalue weighted by molar-refractivity contribution is -0.885. The topological polar surface area (TPSA) is 95.7 Å². The lowest BCUT2D eigenvalue weighted by Gasteiger charge is -2.21. The maximum Gasteiger partial charge on any atom is 0.282 e. The molecule has 2 atom stereocenters. The van der Waals surface area contributed by atoms with Gasteiger partial charge in [-0.2, -0.15) is 5.26 Å². The number of para-hydroxylation sites is 1. The van der Waals surface area contributed by atoms with Crippen molar-refractivity contribution in [1.29, 1.82) is 5.26 Å². The summed E-state index contributed by atoms with van der Waals surface area (Å²) < 4.78 is 5.21. The molecule has 146 valence electrons. The van der Waals surface area contributed by atoms with Crippen LogP contribution in [0.3, 0.4) is 0 Å². The van der Waals surface area contributed by atoms with Gasteiger partial charge in [0.05, 0.1) is 31.1 Å². The van der Waals surface area contributed by atoms with Crippen LogP contribution in [-0.2, 0) is 9.59 Å². The van der Waals surface area contributed by atoms with E-state index in [1.807, 2.05) is 6.07 Å². The van der Waals surface area contributed by atoms with Gasteiger partial charge in [-0.25, -0.2) is 0 Å². The predicted molar refractivity (Wildman–Crippen MR) is 108 cm³/mol. The van der Waals surface area contributed by atoms with Crippen molar-refractivity contribution in [2.24, 2.45) is 0 Å². The number of hydrogen-bond acceptors (Lipinski definition) is 4. The first-order valence-electron chi connectivity index (χ1n) is 8.61. The highest BCUT2D eigenvalue weighted by Gasteiger charge is 2.25. The van der Waals surface area contributed by atoms with Crippen LogP contribution in [0.15, 0.2) is 42.5 Å². The largest absolute Gasteiger partial charge is 0.495 e. The molecule has 2 aromatic rings. The normalized spacial score (nSPS) is 12.4. The Balaban J connectivity index is 1.98. The Labute approximate surface area is 168 Å². The van der Waals surface area contributed by atoms with Gasteiger partial charge in [0.2, 0.25) is 0 Å². The SMILES string of the molecule is COc1ccc(Cl)cc1NC(=O)C[NH+](C)[C@H](C)C(=O)Nc1ccccc1C#N. The Morgan fingerprint density at radius 3 is 2.61 bits per heavy atom. The van der Waals surface area contributed by atoms with E-state index in [0.29, 0.717) is 32.6 Å². The van der Waals surface area contributed by atoms with Gasteiger partial charge in [0.25, 0.3) is 11.8 Å². The Morgan fingerprint density at radius 1 is 1.21 bits per heavy atom. The quantitative estimate of drug-likeness (QED) is 0.658. The van der Waals surface area contributed by atoms with Crippen LogP contribution in [0.4, 0.5) is 11.4 Å². The second-order valence-corrected chi connectivity index (χ2v) is 6.72. The summed E-state index contributed by atoms with van der Waals surface area (Å²) in [6.07, 6.45) is 0. The number of anilines is 2. The lowest BCUT2D eigenvalue weighted by atomic mass is 10.2. The fourth-order valence-corrected chi connectivity index (χ4v) is 2.71. The molecule has 0 heterocycles. The third-order valence-corrected chi connectivity index (χ3v) is 4.55. The first kappa shape index (κ1) is 21.2. The minimum atomic E-state index is -0.515. The molecule has 2 aromatic carbocycles. The molecule has 28 heavy (non-hydrogen) atoms. The van der Waals surface area contributed by atoms with Crippen molar-refractivity contribution >= 4 is 34.8 Å². The monoisotopic (exact) mass is 401 g/mol. The van der Waals surface area contributed by atoms with Gasteiger partial charge >= 0.3 is 0 Å². The number of hydrogen-bond donors (Lipinski definition) is 3. The number of methoxy groups -OCH3 is 1. The average molecular weight is 402 g/mol. The van der Waals surface area contributed by atoms with Gasteiger partial charge in [-0.1, -0.05) is 23.7 Å². The van der Waals surface area contributed by atoms with Crippen LogP contribution in [-0.4, -0.2) is 38.6 Å². The summed E-state index contributed by atoms with van der Waals surface area (Å²) in [4.78, 5) is 25.6. The summed E-state index contributed by atoms with van der Waals surface area (Å²) in [6.45, 7) is 1.77. The second-order valence-electron chi connectivity index (χ2n) is 6.28. The average Bonchev–Trinajstić information content (AvgIpc) is 2.67. The summed E-state index contributed by atoms with van der Waals surface area (Å²) in [5.41, 5.74) is 1.29. The minimum Gasteiger partial charge on any atom is -0.495 e. The van der Waals surface area contributed by atoms with E-state index in [1.54, 1.807) is 56.4 Å². The minimum absolute atomic E-state index is 0.0597. The molecule has 3 N–H and O–H groups in total. The molecule has 8 heteroatoms. The Bertz CT molecular complexity index is 911. The van der Waals surface area contributed by atoms with Gasteiger partial charge in [-0.05, 0) is 37.3 Å². The first-order valence-corrected chi connectivity index (χ1v) is 8.99. The molecule has 0 aliphatic heterocycles. The smallest absolute Gasteiger partial charge is 0.282 e. The summed E-state index contributed by atoms with van der Waals surface area (Å²) in [5.74, 6) is -0.0715. The lowest BCUT2D eigenvalue weighted by Crippen LogP contribution is -3.14. The van der Waals surface area contributed by atoms with Crippen LogP contribution >= 0.6 is 11.6 Å². The third-order valence-electron chi connectivity index (χ3n) is 4.31. The second kappa shape index (κ2) is 9.74. The summed E-state index contributed by atoms with van der Waals surface area (Å²) in [6, 6.07) is 13.2. The van der Waals surface area contributed by atoms with E-state index < -0.39 is 6.04 Å². The number of nitriles is 1. The number of quaternary nitrogens is 1. The van der Waals surface area contributed by atoms with Crippen molar-refractivity contribution in [3.05, 3.63) is 53.1 Å². The number of carbonyl (C=O) groups excluding carboxylic acids is 2. The highest BCUT2D eigenvalue weighted by atomic mass is 35.5. The molecule has 0 radical (unpaired) electrons. The highest BCUT2D eigenvalue weighted by molar-refractivity contribution is 6.31. The molecule has 2 amide bonds. The molecule has 0 spiro atoms. The van der Waals surface area contributed by atoms with E-state index >= 15 is 0 Å². The van der Waals surface area contributed by atoms with Crippen molar-refractivity contribution in [1.82, 2.24) is 0 Å². The van der Waals surface area contributed by atoms with Crippen LogP contribution in [0.2, 0.25) is 5.02 Å². The summed E-state index contributed by atoms with van der Waals surface area (Å²) >= 11 is 5.97. The van der Waals surface area contributed by atoms with Crippen molar-refractivity contribution in [3.8, 4) is 11.8 Å². The maximum absolute atomic E-state index is 12.5. The number of ether oxygens (including phenoxy) is 1. The molecule has 0 saturated heterocycles. The number of halogens is 1. The van der Waals surface area contributed by atoms with Crippen LogP contribution in [0.25, 0.3) is 0 Å². The Kier molecular flexibility index (Phi) is 7.38. The zero-order valence-corrected chi connectivity index (χ0v) is 16.6. The van der Waals surface area contributed by atoms with Crippen LogP contribution in [0.1, 0.15) is 12.5 Å². The number of nitrogens with one attached hydrogen (secondary N) is 3. The molecule has 0 fully saturated rings. The Hall–Kier alpha value is -3.08. The van der Waals surface area contributed by atoms with Crippen LogP contribution < -0.4 is 20.3 Å². The fourth-order valence-electron chi connectivity index (χ4n) is 2.53. The van der Waals surface area contributed by atoms with Crippen LogP contribution in [0.5, 0.6) is 5.75 Å². The predicted octanol–water partition coefficient (Wildman–Crippen LogP) is 1.70. The van der Waals surface area contributed by atoms with Crippen molar-refractivity contribution in [2.45, 2.75) is 13.0 Å². The molecule has 0 aromatic heterocycles. The zero-order valence-electron chi connectivity index (χ0n) is 15.9. The molecule has 1 unspecified atom stereocenters. The van der Waals surface area contributed by atoms with Gasteiger partial charge in [0, 0.05) is 5.02 Å². The molecular weight excluding hydrogens is 380 g/mol. The molecule has 2 rings (SSSR count). The van der Waals surface area contributed by atoms with Gasteiger partial charge in [0.15, 0.2) is 12.6 Å². The fraction of sp³-hybridized carbons (Fsp3) is 0.250. The van der Waals surface area contributed by atoms with Crippen molar-refractivity contribution in [3.63, 3.8) is 0 Å². The van der Waals surface area contributed by atoms with Crippen molar-refractivity contribution in [2.75, 3.05) is 31.3 Å². The number of amides is 2. The van der Waals surface area contributed by atoms with E-state index in [1.165, 1.54) is 7.11 Å². The highest BCUT2D eigenvalue weighted by Crippen LogP contribution is 2.27. The number of nitrogens with zero attached hydrogens (tertiary/aromatic N) is 1. The van der Waals surface area contributed by atoms with E-state index in [4.69, 9.17) is 21.6 Å². The number of carbonyl (C=O) groups is 2. The molecular formula is C20H22ClN4O3+. The van der Waals surface area contributed by atoms with Crippen molar-refractivity contribution < 1.29 is 19.2 Å². The standard InChI is InChI=1S/C20H21ClN4O3/c1-13(20(27)24-16-7-5-4-6-14(16)11-22)25(2)12-19(26)23-17-10-15(21)8-9-18(17)28-3/h4-10,13H,12H2,1-3H3,(H,23,26)(H,24,27)/p+1/t13-/m1/s1. The van der Waals surface area contributed by atoms with Crippen LogP contribution in [0, 0.1) is 11.3 Å².